The van der Waals surface area contributed by atoms with Crippen molar-refractivity contribution in [1.82, 2.24) is 0 Å². The molecule has 1 aromatic rings. The Morgan fingerprint density at radius 2 is 2.33 bits per heavy atom. The van der Waals surface area contributed by atoms with E-state index in [0.29, 0.717) is 4.73 Å². The van der Waals surface area contributed by atoms with Crippen LogP contribution in [0.4, 0.5) is 0 Å². The van der Waals surface area contributed by atoms with Crippen LogP contribution in [0.15, 0.2) is 23.4 Å². The number of aromatic nitrogens is 1. The maximum Gasteiger partial charge on any atom is 0.344 e. The van der Waals surface area contributed by atoms with Crippen LogP contribution in [0.3, 0.4) is 0 Å². The summed E-state index contributed by atoms with van der Waals surface area (Å²) in [6, 6.07) is 2.91. The summed E-state index contributed by atoms with van der Waals surface area (Å²) in [4.78, 5) is 10.9. The van der Waals surface area contributed by atoms with Crippen LogP contribution >= 0.6 is 12.6 Å². The van der Waals surface area contributed by atoms with E-state index >= 15 is 0 Å². The number of pyridine rings is 1. The van der Waals surface area contributed by atoms with Gasteiger partial charge in [-0.15, -0.1) is 0 Å². The van der Waals surface area contributed by atoms with Gasteiger partial charge in [0, 0.05) is 6.07 Å². The minimum atomic E-state index is -0.534. The van der Waals surface area contributed by atoms with Crippen molar-refractivity contribution in [3.8, 4) is 0 Å². The van der Waals surface area contributed by atoms with Crippen LogP contribution in [0.25, 0.3) is 0 Å². The molecule has 64 valence electrons. The summed E-state index contributed by atoms with van der Waals surface area (Å²) in [6.07, 6.45) is 1.12. The van der Waals surface area contributed by atoms with E-state index in [1.54, 1.807) is 0 Å². The van der Waals surface area contributed by atoms with Gasteiger partial charge in [0.25, 0.3) is 0 Å². The molecule has 0 aromatic carbocycles. The molecule has 0 aliphatic heterocycles. The van der Waals surface area contributed by atoms with E-state index in [9.17, 15) is 10.0 Å². The number of carbonyl (C=O) groups is 1. The smallest absolute Gasteiger partial charge is 0.344 e. The summed E-state index contributed by atoms with van der Waals surface area (Å²) in [6.45, 7) is 0. The molecule has 0 radical (unpaired) electrons. The van der Waals surface area contributed by atoms with E-state index in [-0.39, 0.29) is 10.6 Å². The van der Waals surface area contributed by atoms with E-state index < -0.39 is 5.97 Å². The van der Waals surface area contributed by atoms with Crippen molar-refractivity contribution in [2.45, 2.75) is 5.03 Å². The van der Waals surface area contributed by atoms with Crippen LogP contribution in [0.5, 0.6) is 0 Å². The summed E-state index contributed by atoms with van der Waals surface area (Å²) in [5.74, 6) is -0.534. The number of nitrogens with zero attached hydrogens (tertiary/aromatic N) is 1. The molecular weight excluding hydrogens is 178 g/mol. The fourth-order valence-electron chi connectivity index (χ4n) is 0.712. The maximum atomic E-state index is 10.9. The van der Waals surface area contributed by atoms with E-state index in [0.717, 1.165) is 6.20 Å². The van der Waals surface area contributed by atoms with E-state index in [4.69, 9.17) is 0 Å². The molecular formula is C7H7NO3S. The SMILES string of the molecule is COC(=O)c1ccc(S)[n+]([O-])c1. The first-order chi connectivity index (χ1) is 5.65. The van der Waals surface area contributed by atoms with Crippen LogP contribution in [0.2, 0.25) is 0 Å². The third-order valence-corrected chi connectivity index (χ3v) is 1.66. The normalized spacial score (nSPS) is 9.50. The van der Waals surface area contributed by atoms with Gasteiger partial charge >= 0.3 is 5.97 Å². The Bertz CT molecular complexity index is 314. The fraction of sp³-hybridized carbons (Fsp3) is 0.143. The van der Waals surface area contributed by atoms with Crippen molar-refractivity contribution in [1.29, 1.82) is 0 Å². The molecule has 1 heterocycles. The molecule has 12 heavy (non-hydrogen) atoms. The van der Waals surface area contributed by atoms with Gasteiger partial charge in [-0.05, 0) is 6.07 Å². The van der Waals surface area contributed by atoms with E-state index in [2.05, 4.69) is 17.4 Å². The lowest BCUT2D eigenvalue weighted by Crippen LogP contribution is -2.29. The minimum Gasteiger partial charge on any atom is -0.618 e. The van der Waals surface area contributed by atoms with Crippen molar-refractivity contribution in [2.75, 3.05) is 7.11 Å². The van der Waals surface area contributed by atoms with Crippen LogP contribution < -0.4 is 4.73 Å². The molecule has 0 amide bonds. The first-order valence-corrected chi connectivity index (χ1v) is 3.60. The molecule has 1 rings (SSSR count). The molecule has 0 aliphatic rings. The lowest BCUT2D eigenvalue weighted by molar-refractivity contribution is -0.645. The average molecular weight is 185 g/mol. The predicted octanol–water partition coefficient (Wildman–Crippen LogP) is 0.395. The topological polar surface area (TPSA) is 53.2 Å². The van der Waals surface area contributed by atoms with Crippen LogP contribution in [-0.4, -0.2) is 13.1 Å². The Morgan fingerprint density at radius 1 is 1.67 bits per heavy atom. The number of esters is 1. The number of methoxy groups -OCH3 is 1. The molecule has 0 N–H and O–H groups in total. The van der Waals surface area contributed by atoms with E-state index in [1.807, 2.05) is 0 Å². The van der Waals surface area contributed by atoms with Gasteiger partial charge in [0.15, 0.2) is 6.20 Å². The van der Waals surface area contributed by atoms with E-state index in [1.165, 1.54) is 19.2 Å². The van der Waals surface area contributed by atoms with Crippen molar-refractivity contribution < 1.29 is 14.3 Å². The Kier molecular flexibility index (Phi) is 2.54. The van der Waals surface area contributed by atoms with Gasteiger partial charge < -0.3 is 9.94 Å². The Hall–Kier alpha value is -1.23. The molecule has 0 atom stereocenters. The highest BCUT2D eigenvalue weighted by Gasteiger charge is 2.09. The van der Waals surface area contributed by atoms with Crippen LogP contribution in [0, 0.1) is 5.21 Å². The molecule has 0 fully saturated rings. The highest BCUT2D eigenvalue weighted by Crippen LogP contribution is 2.02. The van der Waals surface area contributed by atoms with Gasteiger partial charge in [-0.1, -0.05) is 12.6 Å². The molecule has 0 saturated carbocycles. The summed E-state index contributed by atoms with van der Waals surface area (Å²) < 4.78 is 4.91. The lowest BCUT2D eigenvalue weighted by atomic mass is 10.3. The monoisotopic (exact) mass is 185 g/mol. The van der Waals surface area contributed by atoms with Crippen LogP contribution in [-0.2, 0) is 4.74 Å². The largest absolute Gasteiger partial charge is 0.618 e. The second kappa shape index (κ2) is 3.44. The number of carbonyl (C=O) groups excluding carboxylic acids is 1. The molecule has 0 spiro atoms. The maximum absolute atomic E-state index is 10.9. The average Bonchev–Trinajstić information content (AvgIpc) is 2.08. The Morgan fingerprint density at radius 3 is 2.83 bits per heavy atom. The number of hydrogen-bond acceptors (Lipinski definition) is 4. The second-order valence-corrected chi connectivity index (χ2v) is 2.55. The van der Waals surface area contributed by atoms with Gasteiger partial charge in [0.2, 0.25) is 5.03 Å². The van der Waals surface area contributed by atoms with Crippen molar-refractivity contribution in [3.05, 3.63) is 29.1 Å². The number of rotatable bonds is 1. The predicted molar refractivity (Wildman–Crippen MR) is 44.0 cm³/mol. The number of ether oxygens (including phenoxy) is 1. The third kappa shape index (κ3) is 1.68. The van der Waals surface area contributed by atoms with Gasteiger partial charge in [0.1, 0.15) is 5.56 Å². The van der Waals surface area contributed by atoms with Gasteiger partial charge in [-0.3, -0.25) is 0 Å². The zero-order valence-corrected chi connectivity index (χ0v) is 7.25. The van der Waals surface area contributed by atoms with Crippen molar-refractivity contribution in [2.24, 2.45) is 0 Å². The van der Waals surface area contributed by atoms with Gasteiger partial charge in [0.05, 0.1) is 7.11 Å². The third-order valence-electron chi connectivity index (χ3n) is 1.32. The van der Waals surface area contributed by atoms with Gasteiger partial charge in [-0.25, -0.2) is 4.79 Å². The standard InChI is InChI=1S/C7H7NO3S/c1-11-7(9)5-2-3-6(12)8(10)4-5/h2-4,12H,1H3. The number of thiol groups is 1. The first kappa shape index (κ1) is 8.86. The molecule has 1 aromatic heterocycles. The summed E-state index contributed by atoms with van der Waals surface area (Å²) in [5, 5.41) is 11.1. The molecule has 0 aliphatic carbocycles. The molecule has 0 bridgehead atoms. The van der Waals surface area contributed by atoms with Gasteiger partial charge in [-0.2, -0.15) is 4.73 Å². The second-order valence-electron chi connectivity index (χ2n) is 2.09. The summed E-state index contributed by atoms with van der Waals surface area (Å²) >= 11 is 3.84. The fourth-order valence-corrected chi connectivity index (χ4v) is 0.844. The molecule has 4 nitrogen and oxygen atoms in total. The number of hydrogen-bond donors (Lipinski definition) is 1. The van der Waals surface area contributed by atoms with Crippen molar-refractivity contribution in [3.63, 3.8) is 0 Å². The molecule has 0 unspecified atom stereocenters. The Balaban J connectivity index is 3.05. The molecule has 5 heteroatoms. The lowest BCUT2D eigenvalue weighted by Gasteiger charge is -2.00. The molecule has 0 saturated heterocycles. The van der Waals surface area contributed by atoms with Crippen molar-refractivity contribution >= 4 is 18.6 Å². The minimum absolute atomic E-state index is 0.213. The highest BCUT2D eigenvalue weighted by molar-refractivity contribution is 7.80. The summed E-state index contributed by atoms with van der Waals surface area (Å²) in [7, 11) is 1.26. The summed E-state index contributed by atoms with van der Waals surface area (Å²) in [5.41, 5.74) is 0.213. The van der Waals surface area contributed by atoms with Crippen LogP contribution in [0.1, 0.15) is 10.4 Å². The zero-order valence-electron chi connectivity index (χ0n) is 6.35. The Labute approximate surface area is 74.8 Å². The highest BCUT2D eigenvalue weighted by atomic mass is 32.1. The zero-order chi connectivity index (χ0) is 9.14. The first-order valence-electron chi connectivity index (χ1n) is 3.15. The quantitative estimate of drug-likeness (QED) is 0.298.